The van der Waals surface area contributed by atoms with Crippen LogP contribution in [0.4, 0.5) is 0 Å². The van der Waals surface area contributed by atoms with Crippen molar-refractivity contribution in [1.82, 2.24) is 0 Å². The van der Waals surface area contributed by atoms with Gasteiger partial charge in [-0.2, -0.15) is 0 Å². The third kappa shape index (κ3) is 52.5. The van der Waals surface area contributed by atoms with Gasteiger partial charge in [-0.15, -0.1) is 0 Å². The molecule has 0 amide bonds. The number of hydrogen-bond donors (Lipinski definition) is 0. The molecule has 0 aliphatic carbocycles. The smallest absolute Gasteiger partial charge is 0.306 e. The predicted octanol–water partition coefficient (Wildman–Crippen LogP) is 18.9. The summed E-state index contributed by atoms with van der Waals surface area (Å²) in [7, 11) is 0. The van der Waals surface area contributed by atoms with Crippen LogP contribution in [0.2, 0.25) is 0 Å². The SMILES string of the molecule is CCCCCCCC/C=C\C/C=C\CCC(=O)OCC(COC(=O)CCCCCCC/C=C\CCCCCCCCCCC)OC(=O)CCCCCCCCCCCCCCCCCC. The highest BCUT2D eigenvalue weighted by Crippen LogP contribution is 2.16. The number of hydrogen-bond acceptors (Lipinski definition) is 6. The summed E-state index contributed by atoms with van der Waals surface area (Å²) in [4.78, 5) is 38.0. The van der Waals surface area contributed by atoms with Gasteiger partial charge in [-0.1, -0.05) is 256 Å². The molecule has 0 saturated heterocycles. The molecule has 380 valence electrons. The van der Waals surface area contributed by atoms with E-state index in [1.165, 1.54) is 199 Å². The first kappa shape index (κ1) is 62.6. The van der Waals surface area contributed by atoms with Crippen molar-refractivity contribution in [3.63, 3.8) is 0 Å². The Morgan fingerprint density at radius 3 is 0.954 bits per heavy atom. The van der Waals surface area contributed by atoms with Gasteiger partial charge < -0.3 is 14.2 Å². The van der Waals surface area contributed by atoms with Crippen LogP contribution in [0.25, 0.3) is 0 Å². The van der Waals surface area contributed by atoms with Gasteiger partial charge in [-0.25, -0.2) is 0 Å². The summed E-state index contributed by atoms with van der Waals surface area (Å²) in [6.45, 7) is 6.61. The van der Waals surface area contributed by atoms with E-state index in [0.29, 0.717) is 19.3 Å². The molecule has 0 aromatic carbocycles. The second-order valence-electron chi connectivity index (χ2n) is 19.2. The van der Waals surface area contributed by atoms with Crippen molar-refractivity contribution in [3.8, 4) is 0 Å². The zero-order chi connectivity index (χ0) is 47.2. The van der Waals surface area contributed by atoms with Crippen molar-refractivity contribution in [3.05, 3.63) is 36.5 Å². The Hall–Kier alpha value is -2.37. The second-order valence-corrected chi connectivity index (χ2v) is 19.2. The topological polar surface area (TPSA) is 78.9 Å². The Balaban J connectivity index is 4.38. The van der Waals surface area contributed by atoms with Crippen molar-refractivity contribution in [2.24, 2.45) is 0 Å². The molecule has 6 heteroatoms. The summed E-state index contributed by atoms with van der Waals surface area (Å²) in [5.74, 6) is -0.952. The van der Waals surface area contributed by atoms with Crippen molar-refractivity contribution < 1.29 is 28.6 Å². The molecule has 0 spiro atoms. The fourth-order valence-corrected chi connectivity index (χ4v) is 8.32. The van der Waals surface area contributed by atoms with Crippen molar-refractivity contribution >= 4 is 17.9 Å². The minimum Gasteiger partial charge on any atom is -0.462 e. The van der Waals surface area contributed by atoms with Gasteiger partial charge in [-0.3, -0.25) is 14.4 Å². The molecule has 0 aromatic heterocycles. The largest absolute Gasteiger partial charge is 0.462 e. The average Bonchev–Trinajstić information content (AvgIpc) is 3.30. The molecule has 0 radical (unpaired) electrons. The van der Waals surface area contributed by atoms with Crippen molar-refractivity contribution in [2.75, 3.05) is 13.2 Å². The first-order valence-electron chi connectivity index (χ1n) is 28.5. The fraction of sp³-hybridized carbons (Fsp3) is 0.847. The Kier molecular flexibility index (Phi) is 52.3. The first-order valence-corrected chi connectivity index (χ1v) is 28.5. The number of carbonyl (C=O) groups is 3. The summed E-state index contributed by atoms with van der Waals surface area (Å²) in [5, 5.41) is 0. The number of esters is 3. The zero-order valence-corrected chi connectivity index (χ0v) is 43.5. The Bertz CT molecular complexity index is 1090. The van der Waals surface area contributed by atoms with Gasteiger partial charge in [0.25, 0.3) is 0 Å². The van der Waals surface area contributed by atoms with Crippen molar-refractivity contribution in [1.29, 1.82) is 0 Å². The van der Waals surface area contributed by atoms with E-state index < -0.39 is 6.10 Å². The average molecular weight is 914 g/mol. The molecule has 0 heterocycles. The summed E-state index contributed by atoms with van der Waals surface area (Å²) >= 11 is 0. The van der Waals surface area contributed by atoms with E-state index in [9.17, 15) is 14.4 Å². The molecule has 0 saturated carbocycles. The lowest BCUT2D eigenvalue weighted by Gasteiger charge is -2.18. The molecule has 0 bridgehead atoms. The number of unbranched alkanes of at least 4 members (excludes halogenated alkanes) is 35. The van der Waals surface area contributed by atoms with Crippen LogP contribution in [0.3, 0.4) is 0 Å². The van der Waals surface area contributed by atoms with Gasteiger partial charge in [0.2, 0.25) is 0 Å². The number of rotatable bonds is 52. The van der Waals surface area contributed by atoms with Crippen LogP contribution in [-0.2, 0) is 28.6 Å². The van der Waals surface area contributed by atoms with E-state index in [2.05, 4.69) is 51.2 Å². The molecule has 0 aliphatic heterocycles. The van der Waals surface area contributed by atoms with Gasteiger partial charge in [0, 0.05) is 19.3 Å². The lowest BCUT2D eigenvalue weighted by atomic mass is 10.0. The third-order valence-electron chi connectivity index (χ3n) is 12.6. The Morgan fingerprint density at radius 2 is 0.585 bits per heavy atom. The standard InChI is InChI=1S/C59H108O6/c1-4-7-10-13-16-19-22-25-27-29-30-32-34-37-40-43-46-49-52-58(61)64-55-56(54-63-57(60)51-48-45-42-39-36-33-24-21-18-15-12-9-6-3)65-59(62)53-50-47-44-41-38-35-31-28-26-23-20-17-14-11-8-5-2/h30,32-33,36,42,45,56H,4-29,31,34-35,37-41,43-44,46-55H2,1-3H3/b32-30-,36-33-,45-42-. The normalized spacial score (nSPS) is 12.2. The maximum atomic E-state index is 12.8. The van der Waals surface area contributed by atoms with Crippen LogP contribution in [0.5, 0.6) is 0 Å². The van der Waals surface area contributed by atoms with E-state index in [0.717, 1.165) is 57.8 Å². The molecule has 1 atom stereocenters. The van der Waals surface area contributed by atoms with Crippen LogP contribution in [0.1, 0.15) is 303 Å². The summed E-state index contributed by atoms with van der Waals surface area (Å²) in [5.41, 5.74) is 0. The van der Waals surface area contributed by atoms with Crippen LogP contribution in [0.15, 0.2) is 36.5 Å². The molecule has 0 fully saturated rings. The van der Waals surface area contributed by atoms with Gasteiger partial charge >= 0.3 is 17.9 Å². The molecule has 6 nitrogen and oxygen atoms in total. The van der Waals surface area contributed by atoms with E-state index in [4.69, 9.17) is 14.2 Å². The zero-order valence-electron chi connectivity index (χ0n) is 43.5. The fourth-order valence-electron chi connectivity index (χ4n) is 8.32. The van der Waals surface area contributed by atoms with E-state index in [-0.39, 0.29) is 37.5 Å². The van der Waals surface area contributed by atoms with Crippen molar-refractivity contribution in [2.45, 2.75) is 309 Å². The molecule has 0 aromatic rings. The highest BCUT2D eigenvalue weighted by atomic mass is 16.6. The lowest BCUT2D eigenvalue weighted by Crippen LogP contribution is -2.30. The maximum absolute atomic E-state index is 12.8. The highest BCUT2D eigenvalue weighted by molar-refractivity contribution is 5.71. The number of allylic oxidation sites excluding steroid dienone is 6. The molecule has 0 rings (SSSR count). The highest BCUT2D eigenvalue weighted by Gasteiger charge is 2.19. The summed E-state index contributed by atoms with van der Waals surface area (Å²) in [6.07, 6.45) is 64.3. The Morgan fingerprint density at radius 1 is 0.308 bits per heavy atom. The minimum absolute atomic E-state index is 0.0901. The van der Waals surface area contributed by atoms with Crippen LogP contribution in [-0.4, -0.2) is 37.2 Å². The molecular weight excluding hydrogens is 805 g/mol. The lowest BCUT2D eigenvalue weighted by molar-refractivity contribution is -0.166. The quantitative estimate of drug-likeness (QED) is 0.0262. The number of carbonyl (C=O) groups excluding carboxylic acids is 3. The summed E-state index contributed by atoms with van der Waals surface area (Å²) in [6, 6.07) is 0. The Labute approximate surface area is 404 Å². The van der Waals surface area contributed by atoms with Gasteiger partial charge in [0.1, 0.15) is 13.2 Å². The molecule has 1 unspecified atom stereocenters. The van der Waals surface area contributed by atoms with Gasteiger partial charge in [-0.05, 0) is 64.2 Å². The minimum atomic E-state index is -0.794. The molecule has 65 heavy (non-hydrogen) atoms. The van der Waals surface area contributed by atoms with Crippen LogP contribution in [0, 0.1) is 0 Å². The molecule has 0 N–H and O–H groups in total. The molecule has 0 aliphatic rings. The monoisotopic (exact) mass is 913 g/mol. The predicted molar refractivity (Wildman–Crippen MR) is 279 cm³/mol. The number of ether oxygens (including phenoxy) is 3. The maximum Gasteiger partial charge on any atom is 0.306 e. The third-order valence-corrected chi connectivity index (χ3v) is 12.6. The summed E-state index contributed by atoms with van der Waals surface area (Å²) < 4.78 is 16.8. The molecular formula is C59H108O6. The van der Waals surface area contributed by atoms with E-state index in [1.54, 1.807) is 0 Å². The van der Waals surface area contributed by atoms with Gasteiger partial charge in [0.15, 0.2) is 6.10 Å². The second kappa shape index (κ2) is 54.2. The van der Waals surface area contributed by atoms with E-state index in [1.807, 2.05) is 6.08 Å². The van der Waals surface area contributed by atoms with Gasteiger partial charge in [0.05, 0.1) is 0 Å². The van der Waals surface area contributed by atoms with Crippen LogP contribution < -0.4 is 0 Å². The van der Waals surface area contributed by atoms with Crippen LogP contribution >= 0.6 is 0 Å². The first-order chi connectivity index (χ1) is 32.0. The van der Waals surface area contributed by atoms with E-state index >= 15 is 0 Å².